The highest BCUT2D eigenvalue weighted by molar-refractivity contribution is 7.81. The molecule has 0 amide bonds. The Morgan fingerprint density at radius 2 is 2.18 bits per heavy atom. The third-order valence-electron chi connectivity index (χ3n) is 2.83. The Kier molecular flexibility index (Phi) is 2.69. The van der Waals surface area contributed by atoms with E-state index in [9.17, 15) is 0 Å². The zero-order valence-corrected chi connectivity index (χ0v) is 8.62. The van der Waals surface area contributed by atoms with E-state index in [0.717, 1.165) is 6.42 Å². The van der Waals surface area contributed by atoms with E-state index in [0.29, 0.717) is 5.92 Å². The van der Waals surface area contributed by atoms with Gasteiger partial charge in [0.1, 0.15) is 0 Å². The lowest BCUT2D eigenvalue weighted by molar-refractivity contribution is 0.400. The van der Waals surface area contributed by atoms with Crippen molar-refractivity contribution in [3.05, 3.63) is 11.6 Å². The minimum atomic E-state index is 0.277. The highest BCUT2D eigenvalue weighted by atomic mass is 32.1. The van der Waals surface area contributed by atoms with Crippen LogP contribution >= 0.6 is 12.6 Å². The average molecular weight is 170 g/mol. The molecule has 0 saturated heterocycles. The normalized spacial score (nSPS) is 32.3. The fourth-order valence-corrected chi connectivity index (χ4v) is 1.70. The number of hydrogen-bond donors (Lipinski definition) is 1. The van der Waals surface area contributed by atoms with Gasteiger partial charge in [-0.05, 0) is 32.1 Å². The summed E-state index contributed by atoms with van der Waals surface area (Å²) in [5, 5.41) is 0. The van der Waals surface area contributed by atoms with E-state index in [1.807, 2.05) is 0 Å². The summed E-state index contributed by atoms with van der Waals surface area (Å²) in [6.45, 7) is 6.75. The Hall–Kier alpha value is 0.0900. The van der Waals surface area contributed by atoms with Crippen LogP contribution < -0.4 is 0 Å². The molecule has 1 heteroatoms. The third kappa shape index (κ3) is 2.02. The Morgan fingerprint density at radius 1 is 1.55 bits per heavy atom. The summed E-state index contributed by atoms with van der Waals surface area (Å²) in [4.78, 5) is 0. The van der Waals surface area contributed by atoms with Gasteiger partial charge >= 0.3 is 0 Å². The fraction of sp³-hybridized carbons (Fsp3) is 0.800. The van der Waals surface area contributed by atoms with Gasteiger partial charge in [0, 0.05) is 4.75 Å². The summed E-state index contributed by atoms with van der Waals surface area (Å²) in [6.07, 6.45) is 5.98. The highest BCUT2D eigenvalue weighted by Crippen LogP contribution is 2.38. The van der Waals surface area contributed by atoms with Gasteiger partial charge in [0.2, 0.25) is 0 Å². The number of hydrogen-bond acceptors (Lipinski definition) is 1. The SMILES string of the molecule is CC1=CCC(S)(C(C)C)CC1. The van der Waals surface area contributed by atoms with Crippen LogP contribution in [0, 0.1) is 5.92 Å². The highest BCUT2D eigenvalue weighted by Gasteiger charge is 2.30. The largest absolute Gasteiger partial charge is 0.172 e. The summed E-state index contributed by atoms with van der Waals surface area (Å²) in [7, 11) is 0. The van der Waals surface area contributed by atoms with Gasteiger partial charge in [-0.15, -0.1) is 0 Å². The molecule has 0 aromatic heterocycles. The summed E-state index contributed by atoms with van der Waals surface area (Å²) < 4.78 is 0.277. The zero-order valence-electron chi connectivity index (χ0n) is 7.72. The van der Waals surface area contributed by atoms with Crippen LogP contribution in [0.1, 0.15) is 40.0 Å². The van der Waals surface area contributed by atoms with E-state index in [-0.39, 0.29) is 4.75 Å². The molecule has 0 radical (unpaired) electrons. The minimum absolute atomic E-state index is 0.277. The summed E-state index contributed by atoms with van der Waals surface area (Å²) >= 11 is 4.74. The van der Waals surface area contributed by atoms with Crippen molar-refractivity contribution >= 4 is 12.6 Å². The van der Waals surface area contributed by atoms with Crippen LogP contribution in [0.25, 0.3) is 0 Å². The molecule has 1 aliphatic rings. The van der Waals surface area contributed by atoms with Crippen LogP contribution in [0.4, 0.5) is 0 Å². The summed E-state index contributed by atoms with van der Waals surface area (Å²) in [6, 6.07) is 0. The molecule has 0 aliphatic heterocycles. The minimum Gasteiger partial charge on any atom is -0.172 e. The van der Waals surface area contributed by atoms with Gasteiger partial charge in [0.15, 0.2) is 0 Å². The van der Waals surface area contributed by atoms with Crippen molar-refractivity contribution in [2.75, 3.05) is 0 Å². The van der Waals surface area contributed by atoms with Crippen molar-refractivity contribution in [3.63, 3.8) is 0 Å². The van der Waals surface area contributed by atoms with Gasteiger partial charge in [0.25, 0.3) is 0 Å². The van der Waals surface area contributed by atoms with Crippen LogP contribution in [-0.4, -0.2) is 4.75 Å². The monoisotopic (exact) mass is 170 g/mol. The van der Waals surface area contributed by atoms with Crippen LogP contribution in [0.2, 0.25) is 0 Å². The quantitative estimate of drug-likeness (QED) is 0.452. The van der Waals surface area contributed by atoms with Crippen LogP contribution in [0.5, 0.6) is 0 Å². The first-order valence-corrected chi connectivity index (χ1v) is 4.87. The van der Waals surface area contributed by atoms with Crippen LogP contribution in [-0.2, 0) is 0 Å². The molecule has 1 aliphatic carbocycles. The average Bonchev–Trinajstić information content (AvgIpc) is 1.95. The molecule has 1 atom stereocenters. The smallest absolute Gasteiger partial charge is 0.0190 e. The molecule has 1 unspecified atom stereocenters. The first kappa shape index (κ1) is 9.18. The molecule has 0 N–H and O–H groups in total. The van der Waals surface area contributed by atoms with Gasteiger partial charge < -0.3 is 0 Å². The maximum atomic E-state index is 4.74. The van der Waals surface area contributed by atoms with Crippen LogP contribution in [0.3, 0.4) is 0 Å². The molecule has 11 heavy (non-hydrogen) atoms. The molecular weight excluding hydrogens is 152 g/mol. The summed E-state index contributed by atoms with van der Waals surface area (Å²) in [5.74, 6) is 0.690. The lowest BCUT2D eigenvalue weighted by Crippen LogP contribution is -2.30. The van der Waals surface area contributed by atoms with E-state index in [4.69, 9.17) is 12.6 Å². The van der Waals surface area contributed by atoms with E-state index >= 15 is 0 Å². The van der Waals surface area contributed by atoms with Gasteiger partial charge in [-0.2, -0.15) is 12.6 Å². The molecule has 0 spiro atoms. The molecule has 0 saturated carbocycles. The van der Waals surface area contributed by atoms with E-state index in [1.54, 1.807) is 0 Å². The topological polar surface area (TPSA) is 0 Å². The maximum absolute atomic E-state index is 4.74. The number of thiol groups is 1. The standard InChI is InChI=1S/C10H18S/c1-8(2)10(11)6-4-9(3)5-7-10/h4,8,11H,5-7H2,1-3H3. The van der Waals surface area contributed by atoms with Crippen molar-refractivity contribution in [3.8, 4) is 0 Å². The van der Waals surface area contributed by atoms with Gasteiger partial charge in [-0.25, -0.2) is 0 Å². The Labute approximate surface area is 75.5 Å². The second-order valence-electron chi connectivity index (χ2n) is 4.01. The van der Waals surface area contributed by atoms with E-state index < -0.39 is 0 Å². The fourth-order valence-electron chi connectivity index (χ4n) is 1.49. The summed E-state index contributed by atoms with van der Waals surface area (Å²) in [5.41, 5.74) is 1.54. The second-order valence-corrected chi connectivity index (χ2v) is 4.90. The molecule has 0 heterocycles. The van der Waals surface area contributed by atoms with E-state index in [2.05, 4.69) is 26.8 Å². The maximum Gasteiger partial charge on any atom is 0.0190 e. The van der Waals surface area contributed by atoms with Crippen molar-refractivity contribution < 1.29 is 0 Å². The predicted octanol–water partition coefficient (Wildman–Crippen LogP) is 3.44. The van der Waals surface area contributed by atoms with Gasteiger partial charge in [0.05, 0.1) is 0 Å². The lowest BCUT2D eigenvalue weighted by atomic mass is 9.82. The molecular formula is C10H18S. The van der Waals surface area contributed by atoms with Crippen molar-refractivity contribution in [1.29, 1.82) is 0 Å². The van der Waals surface area contributed by atoms with Crippen molar-refractivity contribution in [2.45, 2.75) is 44.8 Å². The predicted molar refractivity (Wildman–Crippen MR) is 54.2 cm³/mol. The van der Waals surface area contributed by atoms with Gasteiger partial charge in [-0.3, -0.25) is 0 Å². The van der Waals surface area contributed by atoms with E-state index in [1.165, 1.54) is 18.4 Å². The Bertz CT molecular complexity index is 170. The Morgan fingerprint density at radius 3 is 2.55 bits per heavy atom. The Balaban J connectivity index is 2.64. The van der Waals surface area contributed by atoms with Crippen LogP contribution in [0.15, 0.2) is 11.6 Å². The molecule has 0 aromatic carbocycles. The molecule has 0 nitrogen and oxygen atoms in total. The lowest BCUT2D eigenvalue weighted by Gasteiger charge is -2.35. The third-order valence-corrected chi connectivity index (χ3v) is 3.75. The molecule has 0 bridgehead atoms. The molecule has 64 valence electrons. The second kappa shape index (κ2) is 3.22. The number of allylic oxidation sites excluding steroid dienone is 2. The molecule has 1 rings (SSSR count). The first-order chi connectivity index (χ1) is 5.04. The number of rotatable bonds is 1. The van der Waals surface area contributed by atoms with Gasteiger partial charge in [-0.1, -0.05) is 25.5 Å². The van der Waals surface area contributed by atoms with Crippen molar-refractivity contribution in [1.82, 2.24) is 0 Å². The molecule has 0 fully saturated rings. The van der Waals surface area contributed by atoms with Crippen molar-refractivity contribution in [2.24, 2.45) is 5.92 Å². The first-order valence-electron chi connectivity index (χ1n) is 4.42. The zero-order chi connectivity index (χ0) is 8.48. The molecule has 0 aromatic rings.